The molecule has 0 spiro atoms. The van der Waals surface area contributed by atoms with E-state index in [2.05, 4.69) is 19.4 Å². The Morgan fingerprint density at radius 3 is 2.27 bits per heavy atom. The maximum atomic E-state index is 5.78. The van der Waals surface area contributed by atoms with Gasteiger partial charge in [-0.05, 0) is 0 Å². The van der Waals surface area contributed by atoms with Gasteiger partial charge in [0, 0.05) is 13.1 Å². The Kier molecular flexibility index (Phi) is 1.67. The zero-order valence-corrected chi connectivity index (χ0v) is 7.34. The van der Waals surface area contributed by atoms with Crippen molar-refractivity contribution in [3.63, 3.8) is 0 Å². The first-order chi connectivity index (χ1) is 5.16. The number of hydrogen-bond donors (Lipinski definition) is 1. The first-order valence-electron chi connectivity index (χ1n) is 4.34. The van der Waals surface area contributed by atoms with Gasteiger partial charge in [0.05, 0.1) is 14.1 Å². The summed E-state index contributed by atoms with van der Waals surface area (Å²) in [6.45, 7) is 4.39. The van der Waals surface area contributed by atoms with Crippen LogP contribution < -0.4 is 5.32 Å². The minimum absolute atomic E-state index is 0.456. The predicted octanol–water partition coefficient (Wildman–Crippen LogP) is -0.567. The lowest BCUT2D eigenvalue weighted by Crippen LogP contribution is -2.63. The molecule has 0 aromatic carbocycles. The number of fused-ring (bicyclic) bond motifs is 2. The van der Waals surface area contributed by atoms with Gasteiger partial charge in [-0.15, -0.1) is 0 Å². The first-order valence-corrected chi connectivity index (χ1v) is 4.34. The molecule has 0 radical (unpaired) electrons. The highest BCUT2D eigenvalue weighted by atomic mass is 16.5. The van der Waals surface area contributed by atoms with Crippen molar-refractivity contribution in [3.8, 4) is 0 Å². The zero-order chi connectivity index (χ0) is 7.90. The number of morpholine rings is 2. The van der Waals surface area contributed by atoms with Crippen LogP contribution in [0.2, 0.25) is 0 Å². The maximum Gasteiger partial charge on any atom is 0.119 e. The van der Waals surface area contributed by atoms with Gasteiger partial charge in [0.15, 0.2) is 0 Å². The topological polar surface area (TPSA) is 21.3 Å². The number of nitrogens with one attached hydrogen (secondary N) is 1. The van der Waals surface area contributed by atoms with E-state index in [0.717, 1.165) is 30.7 Å². The third kappa shape index (κ3) is 1.55. The van der Waals surface area contributed by atoms with Crippen molar-refractivity contribution in [2.24, 2.45) is 0 Å². The summed E-state index contributed by atoms with van der Waals surface area (Å²) in [7, 11) is 4.57. The van der Waals surface area contributed by atoms with Crippen LogP contribution in [-0.4, -0.2) is 57.0 Å². The fourth-order valence-electron chi connectivity index (χ4n) is 2.17. The van der Waals surface area contributed by atoms with Gasteiger partial charge < -0.3 is 14.5 Å². The molecule has 1 N–H and O–H groups in total. The Bertz CT molecular complexity index is 144. The van der Waals surface area contributed by atoms with Gasteiger partial charge in [-0.3, -0.25) is 0 Å². The molecule has 2 unspecified atom stereocenters. The maximum absolute atomic E-state index is 5.78. The second-order valence-electron chi connectivity index (χ2n) is 4.34. The van der Waals surface area contributed by atoms with Crippen LogP contribution in [0.1, 0.15) is 0 Å². The van der Waals surface area contributed by atoms with E-state index >= 15 is 0 Å². The van der Waals surface area contributed by atoms with E-state index in [0.29, 0.717) is 12.2 Å². The molecule has 0 aliphatic carbocycles. The number of rotatable bonds is 0. The summed E-state index contributed by atoms with van der Waals surface area (Å²) in [5.74, 6) is 0. The van der Waals surface area contributed by atoms with E-state index in [9.17, 15) is 0 Å². The Morgan fingerprint density at radius 2 is 1.73 bits per heavy atom. The van der Waals surface area contributed by atoms with E-state index in [1.807, 2.05) is 0 Å². The van der Waals surface area contributed by atoms with Crippen LogP contribution >= 0.6 is 0 Å². The molecule has 2 saturated heterocycles. The standard InChI is InChI=1S/C8H17N2O/c1-10(2)5-7-3-9-4-8(6-10)11-7/h7-9H,3-6H2,1-2H3/q+1. The lowest BCUT2D eigenvalue weighted by Gasteiger charge is -2.44. The molecule has 2 aliphatic heterocycles. The number of hydrogen-bond acceptors (Lipinski definition) is 2. The summed E-state index contributed by atoms with van der Waals surface area (Å²) >= 11 is 0. The Labute approximate surface area is 67.9 Å². The number of ether oxygens (including phenoxy) is 1. The summed E-state index contributed by atoms with van der Waals surface area (Å²) in [5.41, 5.74) is 0. The van der Waals surface area contributed by atoms with E-state index in [-0.39, 0.29) is 0 Å². The molecule has 2 fully saturated rings. The van der Waals surface area contributed by atoms with E-state index in [1.54, 1.807) is 0 Å². The van der Waals surface area contributed by atoms with Crippen LogP contribution in [0, 0.1) is 0 Å². The van der Waals surface area contributed by atoms with E-state index in [1.165, 1.54) is 0 Å². The molecule has 2 bridgehead atoms. The number of likely N-dealkylation sites (N-methyl/N-ethyl adjacent to an activating group) is 1. The average molecular weight is 157 g/mol. The van der Waals surface area contributed by atoms with Crippen LogP contribution in [0.3, 0.4) is 0 Å². The third-order valence-electron chi connectivity index (χ3n) is 2.52. The van der Waals surface area contributed by atoms with Crippen molar-refractivity contribution in [1.82, 2.24) is 5.32 Å². The van der Waals surface area contributed by atoms with Crippen LogP contribution in [-0.2, 0) is 4.74 Å². The second-order valence-corrected chi connectivity index (χ2v) is 4.34. The van der Waals surface area contributed by atoms with Crippen LogP contribution in [0.25, 0.3) is 0 Å². The summed E-state index contributed by atoms with van der Waals surface area (Å²) in [6.07, 6.45) is 0.912. The fraction of sp³-hybridized carbons (Fsp3) is 1.00. The molecule has 11 heavy (non-hydrogen) atoms. The molecule has 0 aromatic heterocycles. The van der Waals surface area contributed by atoms with Gasteiger partial charge in [0.25, 0.3) is 0 Å². The van der Waals surface area contributed by atoms with Crippen molar-refractivity contribution in [2.75, 3.05) is 40.3 Å². The molecular weight excluding hydrogens is 140 g/mol. The lowest BCUT2D eigenvalue weighted by molar-refractivity contribution is -0.905. The van der Waals surface area contributed by atoms with Gasteiger partial charge in [-0.1, -0.05) is 0 Å². The van der Waals surface area contributed by atoms with Crippen LogP contribution in [0.4, 0.5) is 0 Å². The SMILES string of the molecule is C[N+]1(C)CC2CNCC(C1)O2. The molecule has 2 atom stereocenters. The molecule has 3 heteroatoms. The Hall–Kier alpha value is -0.120. The molecule has 2 aliphatic rings. The van der Waals surface area contributed by atoms with Crippen molar-refractivity contribution >= 4 is 0 Å². The van der Waals surface area contributed by atoms with Gasteiger partial charge in [-0.25, -0.2) is 0 Å². The van der Waals surface area contributed by atoms with Crippen molar-refractivity contribution in [3.05, 3.63) is 0 Å². The predicted molar refractivity (Wildman–Crippen MR) is 43.4 cm³/mol. The van der Waals surface area contributed by atoms with Crippen molar-refractivity contribution in [1.29, 1.82) is 0 Å². The summed E-state index contributed by atoms with van der Waals surface area (Å²) in [4.78, 5) is 0. The molecule has 2 heterocycles. The highest BCUT2D eigenvalue weighted by Crippen LogP contribution is 2.17. The van der Waals surface area contributed by atoms with Gasteiger partial charge >= 0.3 is 0 Å². The molecule has 0 amide bonds. The summed E-state index contributed by atoms with van der Waals surface area (Å²) in [6, 6.07) is 0. The molecule has 3 nitrogen and oxygen atoms in total. The molecule has 64 valence electrons. The Morgan fingerprint density at radius 1 is 1.18 bits per heavy atom. The number of quaternary nitrogens is 1. The minimum Gasteiger partial charge on any atom is -0.361 e. The normalized spacial score (nSPS) is 42.0. The smallest absolute Gasteiger partial charge is 0.119 e. The highest BCUT2D eigenvalue weighted by molar-refractivity contribution is 4.77. The first kappa shape index (κ1) is 7.53. The quantitative estimate of drug-likeness (QED) is 0.476. The molecule has 0 saturated carbocycles. The van der Waals surface area contributed by atoms with Crippen molar-refractivity contribution < 1.29 is 9.22 Å². The van der Waals surface area contributed by atoms with Gasteiger partial charge in [0.1, 0.15) is 25.3 Å². The fourth-order valence-corrected chi connectivity index (χ4v) is 2.17. The monoisotopic (exact) mass is 157 g/mol. The van der Waals surface area contributed by atoms with Crippen molar-refractivity contribution in [2.45, 2.75) is 12.2 Å². The molecule has 2 rings (SSSR count). The summed E-state index contributed by atoms with van der Waals surface area (Å²) < 4.78 is 6.90. The van der Waals surface area contributed by atoms with Gasteiger partial charge in [-0.2, -0.15) is 0 Å². The minimum atomic E-state index is 0.456. The van der Waals surface area contributed by atoms with Crippen LogP contribution in [0.5, 0.6) is 0 Å². The van der Waals surface area contributed by atoms with E-state index < -0.39 is 0 Å². The van der Waals surface area contributed by atoms with Gasteiger partial charge in [0.2, 0.25) is 0 Å². The van der Waals surface area contributed by atoms with Crippen LogP contribution in [0.15, 0.2) is 0 Å². The lowest BCUT2D eigenvalue weighted by atomic mass is 10.1. The number of nitrogens with zero attached hydrogens (tertiary/aromatic N) is 1. The highest BCUT2D eigenvalue weighted by Gasteiger charge is 2.37. The molecular formula is C8H17N2O+. The largest absolute Gasteiger partial charge is 0.361 e. The Balaban J connectivity index is 2.05. The molecule has 0 aromatic rings. The third-order valence-corrected chi connectivity index (χ3v) is 2.52. The second kappa shape index (κ2) is 2.44. The zero-order valence-electron chi connectivity index (χ0n) is 7.34. The summed E-state index contributed by atoms with van der Waals surface area (Å²) in [5, 5.41) is 3.39. The van der Waals surface area contributed by atoms with E-state index in [4.69, 9.17) is 4.74 Å². The average Bonchev–Trinajstić information content (AvgIpc) is 1.82.